The van der Waals surface area contributed by atoms with Crippen LogP contribution in [0.1, 0.15) is 59.3 Å². The van der Waals surface area contributed by atoms with E-state index in [4.69, 9.17) is 5.26 Å². The first-order valence-electron chi connectivity index (χ1n) is 5.49. The fraction of sp³-hybridized carbons (Fsp3) is 1.00. The van der Waals surface area contributed by atoms with Gasteiger partial charge in [0.05, 0.1) is 6.61 Å². The first kappa shape index (κ1) is 13.9. The SMILES string of the molecule is CC(C)(C)CCCCCCCOOO. The molecule has 0 aromatic carbocycles. The zero-order valence-electron chi connectivity index (χ0n) is 9.71. The van der Waals surface area contributed by atoms with Gasteiger partial charge in [0.2, 0.25) is 0 Å². The summed E-state index contributed by atoms with van der Waals surface area (Å²) in [5.74, 6) is 0. The van der Waals surface area contributed by atoms with Gasteiger partial charge in [-0.15, -0.1) is 0 Å². The van der Waals surface area contributed by atoms with Crippen LogP contribution in [-0.2, 0) is 9.93 Å². The van der Waals surface area contributed by atoms with Crippen molar-refractivity contribution in [3.8, 4) is 0 Å². The summed E-state index contributed by atoms with van der Waals surface area (Å²) in [5, 5.41) is 11.4. The van der Waals surface area contributed by atoms with E-state index in [1.807, 2.05) is 0 Å². The normalized spacial score (nSPS) is 12.0. The van der Waals surface area contributed by atoms with Gasteiger partial charge in [0.1, 0.15) is 0 Å². The van der Waals surface area contributed by atoms with Crippen molar-refractivity contribution in [1.29, 1.82) is 0 Å². The lowest BCUT2D eigenvalue weighted by atomic mass is 9.89. The molecule has 0 aromatic rings. The lowest BCUT2D eigenvalue weighted by molar-refractivity contribution is -0.490. The van der Waals surface area contributed by atoms with Gasteiger partial charge in [0, 0.05) is 0 Å². The summed E-state index contributed by atoms with van der Waals surface area (Å²) in [5.41, 5.74) is 0.466. The summed E-state index contributed by atoms with van der Waals surface area (Å²) in [6.07, 6.45) is 7.23. The van der Waals surface area contributed by atoms with E-state index in [1.54, 1.807) is 0 Å². The van der Waals surface area contributed by atoms with Gasteiger partial charge in [-0.05, 0) is 18.3 Å². The van der Waals surface area contributed by atoms with E-state index in [9.17, 15) is 0 Å². The van der Waals surface area contributed by atoms with E-state index in [2.05, 4.69) is 30.7 Å². The van der Waals surface area contributed by atoms with Crippen LogP contribution in [0.2, 0.25) is 0 Å². The van der Waals surface area contributed by atoms with E-state index in [-0.39, 0.29) is 0 Å². The number of hydrogen-bond donors (Lipinski definition) is 1. The number of rotatable bonds is 8. The largest absolute Gasteiger partial charge is 0.221 e. The molecule has 0 spiro atoms. The molecule has 0 bridgehead atoms. The fourth-order valence-corrected chi connectivity index (χ4v) is 1.38. The minimum Gasteiger partial charge on any atom is -0.221 e. The molecule has 3 nitrogen and oxygen atoms in total. The minimum atomic E-state index is 0.466. The summed E-state index contributed by atoms with van der Waals surface area (Å²) >= 11 is 0. The maximum atomic E-state index is 7.87. The summed E-state index contributed by atoms with van der Waals surface area (Å²) in [4.78, 5) is 4.35. The van der Waals surface area contributed by atoms with Crippen molar-refractivity contribution in [2.24, 2.45) is 5.41 Å². The third-order valence-corrected chi connectivity index (χ3v) is 2.21. The standard InChI is InChI=1S/C11H24O3/c1-11(2,3)9-7-5-4-6-8-10-13-14-12/h12H,4-10H2,1-3H3. The van der Waals surface area contributed by atoms with Crippen LogP contribution < -0.4 is 0 Å². The Hall–Kier alpha value is -0.120. The third-order valence-electron chi connectivity index (χ3n) is 2.21. The average Bonchev–Trinajstić information content (AvgIpc) is 2.08. The Morgan fingerprint density at radius 1 is 0.929 bits per heavy atom. The summed E-state index contributed by atoms with van der Waals surface area (Å²) < 4.78 is 0. The molecule has 0 fully saturated rings. The highest BCUT2D eigenvalue weighted by molar-refractivity contribution is 4.60. The predicted molar refractivity (Wildman–Crippen MR) is 56.8 cm³/mol. The Morgan fingerprint density at radius 2 is 1.50 bits per heavy atom. The van der Waals surface area contributed by atoms with Crippen LogP contribution in [0.5, 0.6) is 0 Å². The van der Waals surface area contributed by atoms with Crippen molar-refractivity contribution in [1.82, 2.24) is 0 Å². The molecule has 0 heterocycles. The van der Waals surface area contributed by atoms with Gasteiger partial charge in [-0.1, -0.05) is 51.5 Å². The number of unbranched alkanes of at least 4 members (excludes halogenated alkanes) is 4. The zero-order valence-corrected chi connectivity index (χ0v) is 9.71. The maximum absolute atomic E-state index is 7.87. The van der Waals surface area contributed by atoms with Gasteiger partial charge in [-0.25, -0.2) is 10.1 Å². The smallest absolute Gasteiger partial charge is 0.0853 e. The summed E-state index contributed by atoms with van der Waals surface area (Å²) in [6, 6.07) is 0. The average molecular weight is 204 g/mol. The van der Waals surface area contributed by atoms with E-state index in [1.165, 1.54) is 25.7 Å². The molecule has 14 heavy (non-hydrogen) atoms. The molecule has 0 aliphatic heterocycles. The molecule has 0 radical (unpaired) electrons. The van der Waals surface area contributed by atoms with E-state index in [0.717, 1.165) is 12.8 Å². The van der Waals surface area contributed by atoms with Gasteiger partial charge in [0.25, 0.3) is 0 Å². The molecule has 3 heteroatoms. The number of hydrogen-bond acceptors (Lipinski definition) is 3. The quantitative estimate of drug-likeness (QED) is 0.371. The first-order valence-corrected chi connectivity index (χ1v) is 5.49. The fourth-order valence-electron chi connectivity index (χ4n) is 1.38. The second-order valence-corrected chi connectivity index (χ2v) is 4.97. The van der Waals surface area contributed by atoms with E-state index in [0.29, 0.717) is 12.0 Å². The Balaban J connectivity index is 2.99. The topological polar surface area (TPSA) is 38.7 Å². The van der Waals surface area contributed by atoms with Crippen molar-refractivity contribution < 1.29 is 15.2 Å². The lowest BCUT2D eigenvalue weighted by Gasteiger charge is -2.17. The summed E-state index contributed by atoms with van der Waals surface area (Å²) in [7, 11) is 0. The Kier molecular flexibility index (Phi) is 8.14. The molecule has 0 aliphatic rings. The first-order chi connectivity index (χ1) is 6.56. The molecular weight excluding hydrogens is 180 g/mol. The van der Waals surface area contributed by atoms with Crippen LogP contribution in [0.4, 0.5) is 0 Å². The molecule has 86 valence electrons. The Labute approximate surface area is 87.3 Å². The van der Waals surface area contributed by atoms with Crippen molar-refractivity contribution >= 4 is 0 Å². The molecule has 0 atom stereocenters. The maximum Gasteiger partial charge on any atom is 0.0853 e. The lowest BCUT2D eigenvalue weighted by Crippen LogP contribution is -2.03. The molecular formula is C11H24O3. The highest BCUT2D eigenvalue weighted by Crippen LogP contribution is 2.22. The van der Waals surface area contributed by atoms with Crippen LogP contribution in [0.25, 0.3) is 0 Å². The molecule has 0 saturated carbocycles. The van der Waals surface area contributed by atoms with Crippen LogP contribution in [0.15, 0.2) is 0 Å². The molecule has 0 amide bonds. The van der Waals surface area contributed by atoms with Gasteiger partial charge >= 0.3 is 0 Å². The molecule has 0 rings (SSSR count). The van der Waals surface area contributed by atoms with Gasteiger partial charge < -0.3 is 0 Å². The second kappa shape index (κ2) is 8.21. The van der Waals surface area contributed by atoms with Gasteiger partial charge in [-0.3, -0.25) is 0 Å². The Morgan fingerprint density at radius 3 is 2.07 bits per heavy atom. The Bertz CT molecular complexity index is 118. The van der Waals surface area contributed by atoms with Gasteiger partial charge in [0.15, 0.2) is 0 Å². The van der Waals surface area contributed by atoms with Crippen LogP contribution in [-0.4, -0.2) is 11.9 Å². The van der Waals surface area contributed by atoms with E-state index < -0.39 is 0 Å². The van der Waals surface area contributed by atoms with Gasteiger partial charge in [-0.2, -0.15) is 0 Å². The third kappa shape index (κ3) is 11.9. The van der Waals surface area contributed by atoms with Crippen molar-refractivity contribution in [2.75, 3.05) is 6.61 Å². The molecule has 0 aromatic heterocycles. The molecule has 1 N–H and O–H groups in total. The monoisotopic (exact) mass is 204 g/mol. The zero-order chi connectivity index (χ0) is 10.9. The minimum absolute atomic E-state index is 0.466. The van der Waals surface area contributed by atoms with E-state index >= 15 is 0 Å². The van der Waals surface area contributed by atoms with Crippen molar-refractivity contribution in [3.63, 3.8) is 0 Å². The van der Waals surface area contributed by atoms with Crippen LogP contribution in [0, 0.1) is 5.41 Å². The van der Waals surface area contributed by atoms with Crippen LogP contribution in [0.3, 0.4) is 0 Å². The summed E-state index contributed by atoms with van der Waals surface area (Å²) in [6.45, 7) is 7.31. The van der Waals surface area contributed by atoms with Crippen molar-refractivity contribution in [2.45, 2.75) is 59.3 Å². The molecule has 0 aliphatic carbocycles. The predicted octanol–water partition coefficient (Wildman–Crippen LogP) is 3.79. The van der Waals surface area contributed by atoms with Crippen molar-refractivity contribution in [3.05, 3.63) is 0 Å². The molecule has 0 saturated heterocycles. The highest BCUT2D eigenvalue weighted by atomic mass is 17.5. The highest BCUT2D eigenvalue weighted by Gasteiger charge is 2.08. The van der Waals surface area contributed by atoms with Crippen LogP contribution >= 0.6 is 0 Å². The molecule has 0 unspecified atom stereocenters. The second-order valence-electron chi connectivity index (χ2n) is 4.97.